The first kappa shape index (κ1) is 17.2. The van der Waals surface area contributed by atoms with Crippen molar-refractivity contribution in [2.24, 2.45) is 5.92 Å². The summed E-state index contributed by atoms with van der Waals surface area (Å²) in [4.78, 5) is 4.68. The highest BCUT2D eigenvalue weighted by molar-refractivity contribution is 5.47. The first-order valence-corrected chi connectivity index (χ1v) is 9.42. The Hall–Kier alpha value is -1.24. The summed E-state index contributed by atoms with van der Waals surface area (Å²) in [5, 5.41) is 14.2. The molecule has 4 rings (SSSR count). The molecule has 0 radical (unpaired) electrons. The van der Waals surface area contributed by atoms with Crippen LogP contribution in [0.3, 0.4) is 0 Å². The molecule has 1 aromatic carbocycles. The van der Waals surface area contributed by atoms with Gasteiger partial charge in [-0.05, 0) is 44.4 Å². The molecule has 6 heteroatoms. The maximum Gasteiger partial charge on any atom is 0.160 e. The molecule has 2 N–H and O–H groups in total. The molecule has 0 spiro atoms. The monoisotopic (exact) mass is 351 g/mol. The largest absolute Gasteiger partial charge is 0.389 e. The van der Waals surface area contributed by atoms with E-state index in [9.17, 15) is 13.9 Å². The molecule has 0 unspecified atom stereocenters. The second-order valence-electron chi connectivity index (χ2n) is 7.82. The van der Waals surface area contributed by atoms with Crippen LogP contribution in [0.2, 0.25) is 0 Å². The molecule has 2 atom stereocenters. The van der Waals surface area contributed by atoms with Crippen LogP contribution in [-0.2, 0) is 0 Å². The average molecular weight is 351 g/mol. The summed E-state index contributed by atoms with van der Waals surface area (Å²) in [5.41, 5.74) is 0.288. The number of halogens is 2. The van der Waals surface area contributed by atoms with E-state index in [1.165, 1.54) is 12.1 Å². The van der Waals surface area contributed by atoms with Gasteiger partial charge in [0.25, 0.3) is 0 Å². The molecule has 3 heterocycles. The standard InChI is InChI=1S/C19H27F2N3O/c20-17-2-1-16(11-18(17)21)23-8-3-15(4-9-23)24-10-6-19(25)5-7-22-12-14(19)13-24/h1-2,11,14-15,22,25H,3-10,12-13H2/t14-,19-/m0/s1. The Labute approximate surface area is 147 Å². The van der Waals surface area contributed by atoms with Gasteiger partial charge in [0.1, 0.15) is 0 Å². The number of likely N-dealkylation sites (tertiary alicyclic amines) is 1. The molecule has 4 nitrogen and oxygen atoms in total. The molecule has 3 aliphatic heterocycles. The number of nitrogens with one attached hydrogen (secondary N) is 1. The number of anilines is 1. The number of piperidine rings is 3. The van der Waals surface area contributed by atoms with Crippen LogP contribution in [0.15, 0.2) is 18.2 Å². The summed E-state index contributed by atoms with van der Waals surface area (Å²) >= 11 is 0. The summed E-state index contributed by atoms with van der Waals surface area (Å²) in [6.07, 6.45) is 3.78. The Bertz CT molecular complexity index is 621. The van der Waals surface area contributed by atoms with E-state index in [1.807, 2.05) is 0 Å². The minimum absolute atomic E-state index is 0.319. The van der Waals surface area contributed by atoms with Gasteiger partial charge in [0.05, 0.1) is 5.60 Å². The van der Waals surface area contributed by atoms with Crippen molar-refractivity contribution < 1.29 is 13.9 Å². The molecular formula is C19H27F2N3O. The maximum atomic E-state index is 13.5. The third kappa shape index (κ3) is 3.39. The number of aliphatic hydroxyl groups is 1. The minimum atomic E-state index is -0.791. The molecule has 3 fully saturated rings. The van der Waals surface area contributed by atoms with Gasteiger partial charge in [0, 0.05) is 56.4 Å². The van der Waals surface area contributed by atoms with Gasteiger partial charge >= 0.3 is 0 Å². The lowest BCUT2D eigenvalue weighted by Crippen LogP contribution is -2.61. The van der Waals surface area contributed by atoms with Crippen LogP contribution in [0.4, 0.5) is 14.5 Å². The van der Waals surface area contributed by atoms with Gasteiger partial charge in [-0.15, -0.1) is 0 Å². The van der Waals surface area contributed by atoms with Gasteiger partial charge in [-0.1, -0.05) is 0 Å². The molecule has 0 saturated carbocycles. The van der Waals surface area contributed by atoms with E-state index in [4.69, 9.17) is 0 Å². The molecule has 0 amide bonds. The van der Waals surface area contributed by atoms with Crippen LogP contribution < -0.4 is 10.2 Å². The Morgan fingerprint density at radius 1 is 1.08 bits per heavy atom. The third-order valence-electron chi connectivity index (χ3n) is 6.42. The van der Waals surface area contributed by atoms with Crippen LogP contribution >= 0.6 is 0 Å². The van der Waals surface area contributed by atoms with Crippen molar-refractivity contribution in [3.63, 3.8) is 0 Å². The van der Waals surface area contributed by atoms with Crippen LogP contribution in [0.1, 0.15) is 25.7 Å². The van der Waals surface area contributed by atoms with Gasteiger partial charge < -0.3 is 15.3 Å². The van der Waals surface area contributed by atoms with E-state index in [1.54, 1.807) is 6.07 Å². The number of hydrogen-bond acceptors (Lipinski definition) is 4. The predicted octanol–water partition coefficient (Wildman–Crippen LogP) is 1.98. The summed E-state index contributed by atoms with van der Waals surface area (Å²) in [5.74, 6) is -1.25. The number of hydrogen-bond donors (Lipinski definition) is 2. The van der Waals surface area contributed by atoms with E-state index < -0.39 is 17.2 Å². The Balaban J connectivity index is 1.35. The molecule has 3 saturated heterocycles. The summed E-state index contributed by atoms with van der Waals surface area (Å²) in [7, 11) is 0. The van der Waals surface area contributed by atoms with Crippen molar-refractivity contribution in [1.82, 2.24) is 10.2 Å². The molecule has 3 aliphatic rings. The summed E-state index contributed by atoms with van der Waals surface area (Å²) in [6.45, 7) is 5.46. The molecule has 138 valence electrons. The predicted molar refractivity (Wildman–Crippen MR) is 93.7 cm³/mol. The van der Waals surface area contributed by atoms with Crippen molar-refractivity contribution in [3.05, 3.63) is 29.8 Å². The van der Waals surface area contributed by atoms with Crippen LogP contribution in [-0.4, -0.2) is 60.9 Å². The first-order valence-electron chi connectivity index (χ1n) is 9.42. The topological polar surface area (TPSA) is 38.7 Å². The second-order valence-corrected chi connectivity index (χ2v) is 7.82. The molecule has 25 heavy (non-hydrogen) atoms. The van der Waals surface area contributed by atoms with Crippen LogP contribution in [0.5, 0.6) is 0 Å². The maximum absolute atomic E-state index is 13.5. The molecule has 0 bridgehead atoms. The molecule has 0 aliphatic carbocycles. The highest BCUT2D eigenvalue weighted by Crippen LogP contribution is 2.35. The van der Waals surface area contributed by atoms with Crippen molar-refractivity contribution in [2.75, 3.05) is 44.2 Å². The first-order chi connectivity index (χ1) is 12.0. The second kappa shape index (κ2) is 6.82. The van der Waals surface area contributed by atoms with Gasteiger partial charge in [-0.2, -0.15) is 0 Å². The zero-order valence-corrected chi connectivity index (χ0v) is 14.6. The molecule has 1 aromatic rings. The quantitative estimate of drug-likeness (QED) is 0.855. The number of fused-ring (bicyclic) bond motifs is 1. The van der Waals surface area contributed by atoms with Crippen molar-refractivity contribution in [2.45, 2.75) is 37.3 Å². The highest BCUT2D eigenvalue weighted by atomic mass is 19.2. The summed E-state index contributed by atoms with van der Waals surface area (Å²) in [6, 6.07) is 4.68. The van der Waals surface area contributed by atoms with E-state index in [0.717, 1.165) is 70.6 Å². The Morgan fingerprint density at radius 3 is 2.64 bits per heavy atom. The lowest BCUT2D eigenvalue weighted by molar-refractivity contribution is -0.0971. The van der Waals surface area contributed by atoms with Crippen molar-refractivity contribution >= 4 is 5.69 Å². The van der Waals surface area contributed by atoms with Crippen molar-refractivity contribution in [3.8, 4) is 0 Å². The van der Waals surface area contributed by atoms with E-state index >= 15 is 0 Å². The highest BCUT2D eigenvalue weighted by Gasteiger charge is 2.44. The number of benzene rings is 1. The smallest absolute Gasteiger partial charge is 0.160 e. The molecule has 0 aromatic heterocycles. The van der Waals surface area contributed by atoms with Gasteiger partial charge in [-0.3, -0.25) is 4.90 Å². The van der Waals surface area contributed by atoms with E-state index in [0.29, 0.717) is 12.0 Å². The van der Waals surface area contributed by atoms with Gasteiger partial charge in [0.15, 0.2) is 11.6 Å². The minimum Gasteiger partial charge on any atom is -0.389 e. The lowest BCUT2D eigenvalue weighted by atomic mass is 9.75. The van der Waals surface area contributed by atoms with E-state index in [-0.39, 0.29) is 0 Å². The van der Waals surface area contributed by atoms with Gasteiger partial charge in [-0.25, -0.2) is 8.78 Å². The molecular weight excluding hydrogens is 324 g/mol. The number of nitrogens with zero attached hydrogens (tertiary/aromatic N) is 2. The fourth-order valence-corrected chi connectivity index (χ4v) is 4.75. The normalized spacial score (nSPS) is 31.8. The van der Waals surface area contributed by atoms with Crippen LogP contribution in [0.25, 0.3) is 0 Å². The third-order valence-corrected chi connectivity index (χ3v) is 6.42. The number of rotatable bonds is 2. The van der Waals surface area contributed by atoms with Gasteiger partial charge in [0.2, 0.25) is 0 Å². The SMILES string of the molecule is O[C@]12CCNC[C@H]1CN(C1CCN(c3ccc(F)c(F)c3)CC1)CC2. The zero-order chi connectivity index (χ0) is 17.4. The fraction of sp³-hybridized carbons (Fsp3) is 0.684. The van der Waals surface area contributed by atoms with E-state index in [2.05, 4.69) is 15.1 Å². The Kier molecular flexibility index (Phi) is 4.69. The lowest BCUT2D eigenvalue weighted by Gasteiger charge is -2.50. The fourth-order valence-electron chi connectivity index (χ4n) is 4.75. The summed E-state index contributed by atoms with van der Waals surface area (Å²) < 4.78 is 26.6. The van der Waals surface area contributed by atoms with Crippen molar-refractivity contribution in [1.29, 1.82) is 0 Å². The van der Waals surface area contributed by atoms with Crippen LogP contribution in [0, 0.1) is 17.6 Å². The zero-order valence-electron chi connectivity index (χ0n) is 14.6. The Morgan fingerprint density at radius 2 is 1.88 bits per heavy atom. The average Bonchev–Trinajstić information content (AvgIpc) is 2.63.